The van der Waals surface area contributed by atoms with Gasteiger partial charge in [0, 0.05) is 29.7 Å². The normalized spacial score (nSPS) is 16.6. The molecule has 118 valence electrons. The van der Waals surface area contributed by atoms with Crippen LogP contribution in [-0.2, 0) is 6.54 Å². The second-order valence-electron chi connectivity index (χ2n) is 6.42. The van der Waals surface area contributed by atoms with E-state index >= 15 is 0 Å². The van der Waals surface area contributed by atoms with Gasteiger partial charge in [0.05, 0.1) is 5.56 Å². The van der Waals surface area contributed by atoms with Crippen molar-refractivity contribution in [2.24, 2.45) is 0 Å². The van der Waals surface area contributed by atoms with Crippen molar-refractivity contribution in [3.05, 3.63) is 36.0 Å². The molecule has 0 aliphatic heterocycles. The second kappa shape index (κ2) is 6.99. The Bertz CT molecular complexity index is 636. The molecule has 0 spiro atoms. The van der Waals surface area contributed by atoms with Crippen LogP contribution in [0.25, 0.3) is 10.9 Å². The van der Waals surface area contributed by atoms with Crippen LogP contribution in [0, 0.1) is 0 Å². The van der Waals surface area contributed by atoms with E-state index in [2.05, 4.69) is 28.9 Å². The Kier molecular flexibility index (Phi) is 4.81. The first-order valence-corrected chi connectivity index (χ1v) is 8.68. The first-order chi connectivity index (χ1) is 10.8. The van der Waals surface area contributed by atoms with Crippen LogP contribution >= 0.6 is 0 Å². The molecule has 1 aromatic heterocycles. The molecule has 0 radical (unpaired) electrons. The van der Waals surface area contributed by atoms with Gasteiger partial charge in [0.25, 0.3) is 5.91 Å². The Balaban J connectivity index is 1.83. The molecule has 22 heavy (non-hydrogen) atoms. The lowest BCUT2D eigenvalue weighted by Gasteiger charge is -2.15. The first-order valence-electron chi connectivity index (χ1n) is 8.68. The summed E-state index contributed by atoms with van der Waals surface area (Å²) in [5.74, 6) is 0.0953. The Morgan fingerprint density at radius 2 is 1.91 bits per heavy atom. The Morgan fingerprint density at radius 1 is 1.18 bits per heavy atom. The second-order valence-corrected chi connectivity index (χ2v) is 6.42. The number of nitrogens with zero attached hydrogens (tertiary/aromatic N) is 1. The lowest BCUT2D eigenvalue weighted by molar-refractivity contribution is 0.0935. The quantitative estimate of drug-likeness (QED) is 0.828. The average Bonchev–Trinajstić information content (AvgIpc) is 2.70. The van der Waals surface area contributed by atoms with E-state index in [0.717, 1.165) is 42.3 Å². The lowest BCUT2D eigenvalue weighted by atomic mass is 10.1. The van der Waals surface area contributed by atoms with Crippen molar-refractivity contribution in [2.75, 3.05) is 0 Å². The van der Waals surface area contributed by atoms with Crippen LogP contribution in [0.2, 0.25) is 0 Å². The minimum absolute atomic E-state index is 0.0953. The van der Waals surface area contributed by atoms with Gasteiger partial charge in [-0.25, -0.2) is 0 Å². The number of hydrogen-bond donors (Lipinski definition) is 1. The number of carbonyl (C=O) groups is 1. The number of amides is 1. The molecule has 0 saturated heterocycles. The summed E-state index contributed by atoms with van der Waals surface area (Å²) in [6.07, 6.45) is 10.4. The number of benzene rings is 1. The number of aryl methyl sites for hydroxylation is 1. The lowest BCUT2D eigenvalue weighted by Crippen LogP contribution is -2.34. The summed E-state index contributed by atoms with van der Waals surface area (Å²) in [5.41, 5.74) is 1.99. The van der Waals surface area contributed by atoms with Crippen molar-refractivity contribution in [2.45, 2.75) is 64.5 Å². The summed E-state index contributed by atoms with van der Waals surface area (Å²) in [4.78, 5) is 12.7. The molecule has 1 aliphatic carbocycles. The first kappa shape index (κ1) is 15.1. The van der Waals surface area contributed by atoms with Crippen LogP contribution < -0.4 is 5.32 Å². The van der Waals surface area contributed by atoms with E-state index in [9.17, 15) is 4.79 Å². The molecule has 3 heteroatoms. The van der Waals surface area contributed by atoms with Crippen LogP contribution in [0.4, 0.5) is 0 Å². The summed E-state index contributed by atoms with van der Waals surface area (Å²) in [7, 11) is 0. The molecular formula is C19H26N2O. The Hall–Kier alpha value is -1.77. The highest BCUT2D eigenvalue weighted by Gasteiger charge is 2.19. The molecular weight excluding hydrogens is 272 g/mol. The highest BCUT2D eigenvalue weighted by molar-refractivity contribution is 6.07. The van der Waals surface area contributed by atoms with Gasteiger partial charge < -0.3 is 9.88 Å². The molecule has 0 atom stereocenters. The molecule has 3 nitrogen and oxygen atoms in total. The van der Waals surface area contributed by atoms with Crippen molar-refractivity contribution in [1.29, 1.82) is 0 Å². The van der Waals surface area contributed by atoms with Crippen LogP contribution in [-0.4, -0.2) is 16.5 Å². The fraction of sp³-hybridized carbons (Fsp3) is 0.526. The van der Waals surface area contributed by atoms with Crippen molar-refractivity contribution in [3.8, 4) is 0 Å². The molecule has 0 unspecified atom stereocenters. The maximum atomic E-state index is 12.7. The summed E-state index contributed by atoms with van der Waals surface area (Å²) in [5, 5.41) is 4.34. The van der Waals surface area contributed by atoms with Gasteiger partial charge in [-0.2, -0.15) is 0 Å². The van der Waals surface area contributed by atoms with E-state index in [4.69, 9.17) is 0 Å². The van der Waals surface area contributed by atoms with Crippen molar-refractivity contribution < 1.29 is 4.79 Å². The van der Waals surface area contributed by atoms with Crippen LogP contribution in [0.3, 0.4) is 0 Å². The van der Waals surface area contributed by atoms with Crippen LogP contribution in [0.15, 0.2) is 30.5 Å². The molecule has 1 aliphatic rings. The molecule has 1 heterocycles. The topological polar surface area (TPSA) is 34.0 Å². The number of hydrogen-bond acceptors (Lipinski definition) is 1. The minimum Gasteiger partial charge on any atom is -0.349 e. The third-order valence-electron chi connectivity index (χ3n) is 4.69. The Labute approximate surface area is 132 Å². The predicted molar refractivity (Wildman–Crippen MR) is 91.2 cm³/mol. The van der Waals surface area contributed by atoms with E-state index in [0.29, 0.717) is 6.04 Å². The smallest absolute Gasteiger partial charge is 0.253 e. The van der Waals surface area contributed by atoms with E-state index in [1.165, 1.54) is 25.7 Å². The van der Waals surface area contributed by atoms with Crippen molar-refractivity contribution >= 4 is 16.8 Å². The highest BCUT2D eigenvalue weighted by Crippen LogP contribution is 2.23. The molecule has 0 bridgehead atoms. The number of carbonyl (C=O) groups excluding carboxylic acids is 1. The Morgan fingerprint density at radius 3 is 2.64 bits per heavy atom. The van der Waals surface area contributed by atoms with Gasteiger partial charge in [0.1, 0.15) is 0 Å². The summed E-state index contributed by atoms with van der Waals surface area (Å²) < 4.78 is 2.21. The molecule has 1 aromatic carbocycles. The number of aromatic nitrogens is 1. The number of fused-ring (bicyclic) bond motifs is 1. The van der Waals surface area contributed by atoms with Gasteiger partial charge in [-0.1, -0.05) is 50.8 Å². The van der Waals surface area contributed by atoms with E-state index < -0.39 is 0 Å². The predicted octanol–water partition coefficient (Wildman–Crippen LogP) is 4.50. The van der Waals surface area contributed by atoms with Gasteiger partial charge >= 0.3 is 0 Å². The van der Waals surface area contributed by atoms with Gasteiger partial charge in [-0.15, -0.1) is 0 Å². The van der Waals surface area contributed by atoms with Crippen molar-refractivity contribution in [3.63, 3.8) is 0 Å². The van der Waals surface area contributed by atoms with Gasteiger partial charge in [-0.05, 0) is 25.3 Å². The molecule has 1 N–H and O–H groups in total. The number of nitrogens with one attached hydrogen (secondary N) is 1. The maximum absolute atomic E-state index is 12.7. The third-order valence-corrected chi connectivity index (χ3v) is 4.69. The average molecular weight is 298 g/mol. The third kappa shape index (κ3) is 3.18. The monoisotopic (exact) mass is 298 g/mol. The molecule has 2 aromatic rings. The summed E-state index contributed by atoms with van der Waals surface area (Å²) in [6, 6.07) is 8.57. The summed E-state index contributed by atoms with van der Waals surface area (Å²) >= 11 is 0. The highest BCUT2D eigenvalue weighted by atomic mass is 16.1. The van der Waals surface area contributed by atoms with Crippen molar-refractivity contribution in [1.82, 2.24) is 9.88 Å². The molecule has 3 rings (SSSR count). The number of rotatable bonds is 4. The number of para-hydroxylation sites is 1. The molecule has 1 saturated carbocycles. The van der Waals surface area contributed by atoms with Crippen LogP contribution in [0.5, 0.6) is 0 Å². The molecule has 1 fully saturated rings. The SMILES string of the molecule is CCCn1cc(C(=O)NC2CCCCCC2)c2ccccc21. The maximum Gasteiger partial charge on any atom is 0.253 e. The van der Waals surface area contributed by atoms with E-state index in [-0.39, 0.29) is 5.91 Å². The van der Waals surface area contributed by atoms with Gasteiger partial charge in [0.15, 0.2) is 0 Å². The van der Waals surface area contributed by atoms with Gasteiger partial charge in [-0.3, -0.25) is 4.79 Å². The largest absolute Gasteiger partial charge is 0.349 e. The van der Waals surface area contributed by atoms with E-state index in [1.54, 1.807) is 0 Å². The zero-order chi connectivity index (χ0) is 15.4. The molecule has 1 amide bonds. The van der Waals surface area contributed by atoms with Crippen LogP contribution in [0.1, 0.15) is 62.2 Å². The summed E-state index contributed by atoms with van der Waals surface area (Å²) in [6.45, 7) is 3.12. The zero-order valence-corrected chi connectivity index (χ0v) is 13.5. The minimum atomic E-state index is 0.0953. The standard InChI is InChI=1S/C19H26N2O/c1-2-13-21-14-17(16-11-7-8-12-18(16)21)19(22)20-15-9-5-3-4-6-10-15/h7-8,11-12,14-15H,2-6,9-10,13H2,1H3,(H,20,22). The van der Waals surface area contributed by atoms with Gasteiger partial charge in [0.2, 0.25) is 0 Å². The zero-order valence-electron chi connectivity index (χ0n) is 13.5. The fourth-order valence-corrected chi connectivity index (χ4v) is 3.54. The van der Waals surface area contributed by atoms with E-state index in [1.807, 2.05) is 18.3 Å². The fourth-order valence-electron chi connectivity index (χ4n) is 3.54.